The van der Waals surface area contributed by atoms with Crippen molar-refractivity contribution in [1.82, 2.24) is 5.32 Å². The predicted molar refractivity (Wildman–Crippen MR) is 74.1 cm³/mol. The minimum absolute atomic E-state index is 0.744. The highest BCUT2D eigenvalue weighted by Gasteiger charge is 2.09. The summed E-state index contributed by atoms with van der Waals surface area (Å²) >= 11 is 0. The van der Waals surface area contributed by atoms with Crippen LogP contribution in [0.2, 0.25) is 0 Å². The van der Waals surface area contributed by atoms with Gasteiger partial charge in [-0.15, -0.1) is 0 Å². The second-order valence-corrected chi connectivity index (χ2v) is 5.03. The minimum Gasteiger partial charge on any atom is -0.312 e. The quantitative estimate of drug-likeness (QED) is 0.820. The van der Waals surface area contributed by atoms with Crippen molar-refractivity contribution in [1.29, 1.82) is 5.26 Å². The SMILES string of the molecule is Cc1cc(C#N)ccc1CNCC1CC=CCC1. The van der Waals surface area contributed by atoms with Crippen LogP contribution < -0.4 is 5.32 Å². The van der Waals surface area contributed by atoms with Gasteiger partial charge in [-0.2, -0.15) is 5.26 Å². The molecule has 0 bridgehead atoms. The maximum Gasteiger partial charge on any atom is 0.0991 e. The van der Waals surface area contributed by atoms with Crippen molar-refractivity contribution in [2.24, 2.45) is 5.92 Å². The first-order chi connectivity index (χ1) is 8.79. The number of rotatable bonds is 4. The first kappa shape index (κ1) is 12.9. The number of nitrogens with one attached hydrogen (secondary N) is 1. The van der Waals surface area contributed by atoms with Gasteiger partial charge < -0.3 is 5.32 Å². The van der Waals surface area contributed by atoms with Crippen LogP contribution in [0.1, 0.15) is 36.0 Å². The maximum atomic E-state index is 8.83. The summed E-state index contributed by atoms with van der Waals surface area (Å²) in [5, 5.41) is 12.4. The van der Waals surface area contributed by atoms with E-state index in [9.17, 15) is 0 Å². The molecule has 1 aromatic carbocycles. The van der Waals surface area contributed by atoms with Crippen molar-refractivity contribution in [3.63, 3.8) is 0 Å². The van der Waals surface area contributed by atoms with Crippen molar-refractivity contribution in [2.45, 2.75) is 32.7 Å². The summed E-state index contributed by atoms with van der Waals surface area (Å²) in [6, 6.07) is 8.09. The van der Waals surface area contributed by atoms with Crippen molar-refractivity contribution >= 4 is 0 Å². The first-order valence-electron chi connectivity index (χ1n) is 6.65. The highest BCUT2D eigenvalue weighted by atomic mass is 14.9. The van der Waals surface area contributed by atoms with Gasteiger partial charge in [-0.05, 0) is 61.9 Å². The molecule has 0 saturated carbocycles. The van der Waals surface area contributed by atoms with Crippen molar-refractivity contribution < 1.29 is 0 Å². The van der Waals surface area contributed by atoms with Gasteiger partial charge in [0.05, 0.1) is 11.6 Å². The van der Waals surface area contributed by atoms with Crippen molar-refractivity contribution in [3.05, 3.63) is 47.0 Å². The van der Waals surface area contributed by atoms with E-state index in [4.69, 9.17) is 5.26 Å². The summed E-state index contributed by atoms with van der Waals surface area (Å²) in [4.78, 5) is 0. The Balaban J connectivity index is 1.83. The number of nitriles is 1. The van der Waals surface area contributed by atoms with Gasteiger partial charge in [0.1, 0.15) is 0 Å². The van der Waals surface area contributed by atoms with Gasteiger partial charge in [-0.3, -0.25) is 0 Å². The molecule has 0 aromatic heterocycles. The molecule has 0 amide bonds. The van der Waals surface area contributed by atoms with Gasteiger partial charge in [0.15, 0.2) is 0 Å². The standard InChI is InChI=1S/C16H20N2/c1-13-9-15(10-17)7-8-16(13)12-18-11-14-5-3-2-4-6-14/h2-3,7-9,14,18H,4-6,11-12H2,1H3. The van der Waals surface area contributed by atoms with E-state index in [0.717, 1.165) is 24.6 Å². The molecular formula is C16H20N2. The maximum absolute atomic E-state index is 8.83. The molecule has 0 saturated heterocycles. The normalized spacial score (nSPS) is 18.6. The van der Waals surface area contributed by atoms with Crippen molar-refractivity contribution in [3.8, 4) is 6.07 Å². The van der Waals surface area contributed by atoms with E-state index in [1.165, 1.54) is 30.4 Å². The summed E-state index contributed by atoms with van der Waals surface area (Å²) in [6.45, 7) is 4.06. The second kappa shape index (κ2) is 6.37. The lowest BCUT2D eigenvalue weighted by Gasteiger charge is -2.18. The zero-order chi connectivity index (χ0) is 12.8. The highest BCUT2D eigenvalue weighted by molar-refractivity contribution is 5.37. The van der Waals surface area contributed by atoms with Crippen LogP contribution in [0, 0.1) is 24.2 Å². The molecule has 2 rings (SSSR count). The number of aryl methyl sites for hydroxylation is 1. The number of nitrogens with zero attached hydrogens (tertiary/aromatic N) is 1. The fraction of sp³-hybridized carbons (Fsp3) is 0.438. The number of benzene rings is 1. The molecule has 1 aliphatic carbocycles. The third-order valence-corrected chi connectivity index (χ3v) is 3.60. The van der Waals surface area contributed by atoms with Gasteiger partial charge in [0.25, 0.3) is 0 Å². The van der Waals surface area contributed by atoms with Gasteiger partial charge in [0.2, 0.25) is 0 Å². The Morgan fingerprint density at radius 2 is 2.28 bits per heavy atom. The number of allylic oxidation sites excluding steroid dienone is 2. The summed E-state index contributed by atoms with van der Waals surface area (Å²) in [7, 11) is 0. The highest BCUT2D eigenvalue weighted by Crippen LogP contribution is 2.17. The second-order valence-electron chi connectivity index (χ2n) is 5.03. The molecule has 2 nitrogen and oxygen atoms in total. The molecule has 94 valence electrons. The average Bonchev–Trinajstić information content (AvgIpc) is 2.42. The number of hydrogen-bond donors (Lipinski definition) is 1. The summed E-state index contributed by atoms with van der Waals surface area (Å²) < 4.78 is 0. The molecule has 1 aliphatic rings. The number of hydrogen-bond acceptors (Lipinski definition) is 2. The van der Waals surface area contributed by atoms with Crippen LogP contribution in [0.15, 0.2) is 30.4 Å². The Morgan fingerprint density at radius 1 is 1.39 bits per heavy atom. The predicted octanol–water partition coefficient (Wildman–Crippen LogP) is 3.31. The van der Waals surface area contributed by atoms with Gasteiger partial charge in [-0.1, -0.05) is 18.2 Å². The third kappa shape index (κ3) is 3.45. The van der Waals surface area contributed by atoms with Crippen molar-refractivity contribution in [2.75, 3.05) is 6.54 Å². The molecule has 0 aliphatic heterocycles. The van der Waals surface area contributed by atoms with Gasteiger partial charge in [-0.25, -0.2) is 0 Å². The molecule has 1 aromatic rings. The zero-order valence-corrected chi connectivity index (χ0v) is 10.9. The van der Waals surface area contributed by atoms with E-state index in [2.05, 4.69) is 36.5 Å². The van der Waals surface area contributed by atoms with E-state index in [1.807, 2.05) is 12.1 Å². The van der Waals surface area contributed by atoms with E-state index < -0.39 is 0 Å². The van der Waals surface area contributed by atoms with Crippen LogP contribution in [0.25, 0.3) is 0 Å². The van der Waals surface area contributed by atoms with E-state index in [1.54, 1.807) is 0 Å². The Labute approximate surface area is 109 Å². The smallest absolute Gasteiger partial charge is 0.0991 e. The fourth-order valence-corrected chi connectivity index (χ4v) is 2.42. The van der Waals surface area contributed by atoms with Gasteiger partial charge >= 0.3 is 0 Å². The third-order valence-electron chi connectivity index (χ3n) is 3.60. The minimum atomic E-state index is 0.744. The van der Waals surface area contributed by atoms with E-state index in [0.29, 0.717) is 0 Å². The summed E-state index contributed by atoms with van der Waals surface area (Å²) in [5.74, 6) is 0.786. The van der Waals surface area contributed by atoms with Crippen LogP contribution in [-0.4, -0.2) is 6.54 Å². The Morgan fingerprint density at radius 3 is 2.94 bits per heavy atom. The summed E-state index contributed by atoms with van der Waals surface area (Å²) in [5.41, 5.74) is 3.24. The molecule has 1 unspecified atom stereocenters. The van der Waals surface area contributed by atoms with Crippen LogP contribution in [-0.2, 0) is 6.54 Å². The molecular weight excluding hydrogens is 220 g/mol. The Kier molecular flexibility index (Phi) is 4.55. The molecule has 0 fully saturated rings. The molecule has 1 atom stereocenters. The first-order valence-corrected chi connectivity index (χ1v) is 6.65. The van der Waals surface area contributed by atoms with Crippen LogP contribution in [0.3, 0.4) is 0 Å². The molecule has 0 heterocycles. The molecule has 0 radical (unpaired) electrons. The van der Waals surface area contributed by atoms with E-state index in [-0.39, 0.29) is 0 Å². The molecule has 1 N–H and O–H groups in total. The summed E-state index contributed by atoms with van der Waals surface area (Å²) in [6.07, 6.45) is 8.31. The van der Waals surface area contributed by atoms with E-state index >= 15 is 0 Å². The molecule has 18 heavy (non-hydrogen) atoms. The molecule has 0 spiro atoms. The lowest BCUT2D eigenvalue weighted by molar-refractivity contribution is 0.440. The van der Waals surface area contributed by atoms with Gasteiger partial charge in [0, 0.05) is 6.54 Å². The zero-order valence-electron chi connectivity index (χ0n) is 10.9. The fourth-order valence-electron chi connectivity index (χ4n) is 2.42. The largest absolute Gasteiger partial charge is 0.312 e. The lowest BCUT2D eigenvalue weighted by atomic mass is 9.94. The Hall–Kier alpha value is -1.59. The Bertz CT molecular complexity index is 468. The van der Waals surface area contributed by atoms with Crippen LogP contribution >= 0.6 is 0 Å². The molecule has 2 heteroatoms. The lowest BCUT2D eigenvalue weighted by Crippen LogP contribution is -2.23. The topological polar surface area (TPSA) is 35.8 Å². The monoisotopic (exact) mass is 240 g/mol. The van der Waals surface area contributed by atoms with Crippen LogP contribution in [0.4, 0.5) is 0 Å². The van der Waals surface area contributed by atoms with Crippen LogP contribution in [0.5, 0.6) is 0 Å². The average molecular weight is 240 g/mol.